The molecule has 160 valence electrons. The van der Waals surface area contributed by atoms with E-state index in [1.54, 1.807) is 0 Å². The van der Waals surface area contributed by atoms with E-state index in [1.165, 1.54) is 16.7 Å². The molecule has 1 fully saturated rings. The van der Waals surface area contributed by atoms with Crippen molar-refractivity contribution in [1.82, 2.24) is 25.0 Å². The number of fused-ring (bicyclic) bond motifs is 1. The van der Waals surface area contributed by atoms with E-state index in [9.17, 15) is 4.79 Å². The third kappa shape index (κ3) is 4.54. The maximum atomic E-state index is 12.1. The highest BCUT2D eigenvalue weighted by atomic mass is 16.2. The van der Waals surface area contributed by atoms with Crippen molar-refractivity contribution in [2.24, 2.45) is 5.92 Å². The number of hydrogen-bond acceptors (Lipinski definition) is 4. The summed E-state index contributed by atoms with van der Waals surface area (Å²) in [6, 6.07) is 19.3. The minimum absolute atomic E-state index is 0.105. The first kappa shape index (κ1) is 19.9. The van der Waals surface area contributed by atoms with Gasteiger partial charge in [-0.15, -0.1) is 10.2 Å². The van der Waals surface area contributed by atoms with Crippen molar-refractivity contribution in [3.63, 3.8) is 0 Å². The third-order valence-electron chi connectivity index (χ3n) is 6.31. The molecule has 0 spiro atoms. The van der Waals surface area contributed by atoms with Crippen molar-refractivity contribution in [2.45, 2.75) is 45.3 Å². The Bertz CT molecular complexity index is 1040. The zero-order chi connectivity index (χ0) is 21.2. The van der Waals surface area contributed by atoms with Gasteiger partial charge in [-0.05, 0) is 36.5 Å². The van der Waals surface area contributed by atoms with Gasteiger partial charge >= 0.3 is 0 Å². The van der Waals surface area contributed by atoms with Gasteiger partial charge < -0.3 is 9.88 Å². The van der Waals surface area contributed by atoms with E-state index in [2.05, 4.69) is 73.5 Å². The molecule has 2 aromatic carbocycles. The Hall–Kier alpha value is -2.99. The van der Waals surface area contributed by atoms with E-state index in [4.69, 9.17) is 0 Å². The van der Waals surface area contributed by atoms with Crippen molar-refractivity contribution >= 4 is 5.91 Å². The lowest BCUT2D eigenvalue weighted by molar-refractivity contribution is -0.123. The van der Waals surface area contributed by atoms with Crippen molar-refractivity contribution < 1.29 is 4.79 Å². The summed E-state index contributed by atoms with van der Waals surface area (Å²) in [6.45, 7) is 5.69. The maximum Gasteiger partial charge on any atom is 0.223 e. The largest absolute Gasteiger partial charge is 0.346 e. The molecular weight excluding hydrogens is 386 g/mol. The van der Waals surface area contributed by atoms with Gasteiger partial charge in [0.15, 0.2) is 5.82 Å². The highest BCUT2D eigenvalue weighted by Crippen LogP contribution is 2.30. The smallest absolute Gasteiger partial charge is 0.223 e. The van der Waals surface area contributed by atoms with Gasteiger partial charge in [-0.25, -0.2) is 0 Å². The van der Waals surface area contributed by atoms with Gasteiger partial charge in [0, 0.05) is 38.5 Å². The Morgan fingerprint density at radius 3 is 2.48 bits per heavy atom. The first-order valence-electron chi connectivity index (χ1n) is 11.3. The van der Waals surface area contributed by atoms with Gasteiger partial charge in [-0.1, -0.05) is 54.6 Å². The number of nitrogens with zero attached hydrogens (tertiary/aromatic N) is 4. The fraction of sp³-hybridized carbons (Fsp3) is 0.400. The minimum atomic E-state index is -0.105. The van der Waals surface area contributed by atoms with Gasteiger partial charge in [0.05, 0.1) is 6.04 Å². The highest BCUT2D eigenvalue weighted by molar-refractivity contribution is 5.81. The number of rotatable bonds is 6. The summed E-state index contributed by atoms with van der Waals surface area (Å²) in [5, 5.41) is 11.9. The molecule has 2 aliphatic rings. The van der Waals surface area contributed by atoms with E-state index in [0.29, 0.717) is 0 Å². The number of amides is 1. The Labute approximate surface area is 183 Å². The quantitative estimate of drug-likeness (QED) is 0.668. The lowest BCUT2D eigenvalue weighted by Crippen LogP contribution is -2.31. The number of carbonyl (C=O) groups excluding carboxylic acids is 1. The Balaban J connectivity index is 1.21. The fourth-order valence-electron chi connectivity index (χ4n) is 4.30. The van der Waals surface area contributed by atoms with Crippen LogP contribution in [0, 0.1) is 5.92 Å². The second kappa shape index (κ2) is 8.63. The normalized spacial score (nSPS) is 17.6. The maximum absolute atomic E-state index is 12.1. The highest BCUT2D eigenvalue weighted by Gasteiger charge is 2.31. The van der Waals surface area contributed by atoms with E-state index in [0.717, 1.165) is 57.1 Å². The number of aromatic nitrogens is 3. The average molecular weight is 416 g/mol. The van der Waals surface area contributed by atoms with E-state index >= 15 is 0 Å². The number of benzene rings is 2. The van der Waals surface area contributed by atoms with Gasteiger partial charge in [-0.3, -0.25) is 9.69 Å². The monoisotopic (exact) mass is 415 g/mol. The molecule has 0 unspecified atom stereocenters. The molecule has 1 aliphatic heterocycles. The molecule has 1 saturated carbocycles. The Morgan fingerprint density at radius 2 is 1.74 bits per heavy atom. The van der Waals surface area contributed by atoms with Crippen LogP contribution in [-0.2, 0) is 24.3 Å². The summed E-state index contributed by atoms with van der Waals surface area (Å²) in [6.07, 6.45) is 2.90. The van der Waals surface area contributed by atoms with Crippen LogP contribution in [0.4, 0.5) is 0 Å². The minimum Gasteiger partial charge on any atom is -0.346 e. The molecule has 6 nitrogen and oxygen atoms in total. The molecule has 1 N–H and O–H groups in total. The molecule has 31 heavy (non-hydrogen) atoms. The topological polar surface area (TPSA) is 63.1 Å². The molecule has 3 aromatic rings. The summed E-state index contributed by atoms with van der Waals surface area (Å²) in [4.78, 5) is 14.6. The predicted molar refractivity (Wildman–Crippen MR) is 120 cm³/mol. The predicted octanol–water partition coefficient (Wildman–Crippen LogP) is 3.59. The molecule has 2 heterocycles. The average Bonchev–Trinajstić information content (AvgIpc) is 3.60. The van der Waals surface area contributed by atoms with Gasteiger partial charge in [0.2, 0.25) is 5.91 Å². The van der Waals surface area contributed by atoms with Gasteiger partial charge in [0.1, 0.15) is 5.82 Å². The van der Waals surface area contributed by atoms with Crippen molar-refractivity contribution in [2.75, 3.05) is 13.1 Å². The van der Waals surface area contributed by atoms with Crippen LogP contribution in [0.25, 0.3) is 11.1 Å². The zero-order valence-corrected chi connectivity index (χ0v) is 18.0. The van der Waals surface area contributed by atoms with Crippen LogP contribution in [0.1, 0.15) is 43.0 Å². The summed E-state index contributed by atoms with van der Waals surface area (Å²) < 4.78 is 2.20. The Morgan fingerprint density at radius 1 is 1.00 bits per heavy atom. The number of hydrogen-bond donors (Lipinski definition) is 1. The lowest BCUT2D eigenvalue weighted by Gasteiger charge is -2.20. The van der Waals surface area contributed by atoms with Crippen LogP contribution in [0.15, 0.2) is 54.6 Å². The van der Waals surface area contributed by atoms with Crippen molar-refractivity contribution in [3.8, 4) is 11.1 Å². The molecule has 6 heteroatoms. The third-order valence-corrected chi connectivity index (χ3v) is 6.31. The van der Waals surface area contributed by atoms with Crippen LogP contribution < -0.4 is 5.32 Å². The second-order valence-electron chi connectivity index (χ2n) is 8.72. The molecule has 1 atom stereocenters. The fourth-order valence-corrected chi connectivity index (χ4v) is 4.30. The number of nitrogens with one attached hydrogen (secondary N) is 1. The number of carbonyl (C=O) groups is 1. The lowest BCUT2D eigenvalue weighted by atomic mass is 10.0. The summed E-state index contributed by atoms with van der Waals surface area (Å²) >= 11 is 0. The van der Waals surface area contributed by atoms with Crippen LogP contribution in [0.2, 0.25) is 0 Å². The first-order valence-corrected chi connectivity index (χ1v) is 11.3. The zero-order valence-electron chi connectivity index (χ0n) is 18.0. The van der Waals surface area contributed by atoms with Crippen molar-refractivity contribution in [1.29, 1.82) is 0 Å². The molecule has 0 bridgehead atoms. The summed E-state index contributed by atoms with van der Waals surface area (Å²) in [5.41, 5.74) is 3.82. The molecule has 1 aromatic heterocycles. The van der Waals surface area contributed by atoms with Crippen LogP contribution >= 0.6 is 0 Å². The van der Waals surface area contributed by atoms with Crippen LogP contribution in [0.3, 0.4) is 0 Å². The van der Waals surface area contributed by atoms with E-state index in [1.807, 2.05) is 13.0 Å². The Kier molecular flexibility index (Phi) is 5.55. The molecule has 5 rings (SSSR count). The van der Waals surface area contributed by atoms with E-state index in [-0.39, 0.29) is 17.9 Å². The molecule has 0 saturated heterocycles. The van der Waals surface area contributed by atoms with Crippen molar-refractivity contribution in [3.05, 3.63) is 71.8 Å². The first-order chi connectivity index (χ1) is 15.2. The molecular formula is C25H29N5O. The summed E-state index contributed by atoms with van der Waals surface area (Å²) in [5.74, 6) is 2.25. The van der Waals surface area contributed by atoms with Crippen LogP contribution in [0.5, 0.6) is 0 Å². The standard InChI is InChI=1S/C25H29N5O/c1-18(26-25(31)22-11-12-22)24-28-27-23-13-14-29(15-16-30(23)24)17-19-7-9-21(10-8-19)20-5-3-2-4-6-20/h2-10,18,22H,11-17H2,1H3,(H,26,31)/t18-/m0/s1. The second-order valence-corrected chi connectivity index (χ2v) is 8.72. The summed E-state index contributed by atoms with van der Waals surface area (Å²) in [7, 11) is 0. The van der Waals surface area contributed by atoms with Gasteiger partial charge in [0.25, 0.3) is 0 Å². The van der Waals surface area contributed by atoms with E-state index < -0.39 is 0 Å². The molecule has 1 amide bonds. The molecule has 0 radical (unpaired) electrons. The SMILES string of the molecule is C[C@H](NC(=O)C1CC1)c1nnc2n1CCN(Cc1ccc(-c3ccccc3)cc1)CC2. The molecule has 1 aliphatic carbocycles. The van der Waals surface area contributed by atoms with Gasteiger partial charge in [-0.2, -0.15) is 0 Å². The van der Waals surface area contributed by atoms with Crippen LogP contribution in [-0.4, -0.2) is 38.7 Å².